The molecular weight excluding hydrogens is 302 g/mol. The third-order valence-corrected chi connectivity index (χ3v) is 4.57. The fourth-order valence-electron chi connectivity index (χ4n) is 3.41. The summed E-state index contributed by atoms with van der Waals surface area (Å²) in [6, 6.07) is 6.34. The molecule has 1 unspecified atom stereocenters. The van der Waals surface area contributed by atoms with Gasteiger partial charge in [0, 0.05) is 44.4 Å². The number of hydrogen-bond donors (Lipinski definition) is 1. The van der Waals surface area contributed by atoms with Crippen LogP contribution in [0.3, 0.4) is 0 Å². The summed E-state index contributed by atoms with van der Waals surface area (Å²) in [5.41, 5.74) is 7.32. The van der Waals surface area contributed by atoms with E-state index in [2.05, 4.69) is 22.8 Å². The lowest BCUT2D eigenvalue weighted by Gasteiger charge is -2.39. The Kier molecular flexibility index (Phi) is 7.82. The van der Waals surface area contributed by atoms with E-state index in [0.717, 1.165) is 37.7 Å². The van der Waals surface area contributed by atoms with Gasteiger partial charge in [-0.15, -0.1) is 0 Å². The van der Waals surface area contributed by atoms with Crippen molar-refractivity contribution in [1.82, 2.24) is 9.80 Å². The van der Waals surface area contributed by atoms with Crippen molar-refractivity contribution in [1.29, 1.82) is 0 Å². The van der Waals surface area contributed by atoms with Crippen molar-refractivity contribution in [2.45, 2.75) is 33.2 Å². The molecule has 1 saturated heterocycles. The molecule has 1 aromatic carbocycles. The van der Waals surface area contributed by atoms with Gasteiger partial charge < -0.3 is 20.1 Å². The van der Waals surface area contributed by atoms with Crippen LogP contribution in [0.2, 0.25) is 0 Å². The molecule has 1 fully saturated rings. The monoisotopic (exact) mass is 335 g/mol. The van der Waals surface area contributed by atoms with Gasteiger partial charge in [0.05, 0.1) is 19.3 Å². The smallest absolute Gasteiger partial charge is 0.127 e. The molecule has 0 bridgehead atoms. The van der Waals surface area contributed by atoms with Crippen LogP contribution in [0.25, 0.3) is 0 Å². The first-order valence-corrected chi connectivity index (χ1v) is 9.29. The quantitative estimate of drug-likeness (QED) is 0.751. The van der Waals surface area contributed by atoms with Crippen LogP contribution in [0.5, 0.6) is 11.5 Å². The van der Waals surface area contributed by atoms with Crippen molar-refractivity contribution >= 4 is 0 Å². The molecule has 0 aromatic heterocycles. The summed E-state index contributed by atoms with van der Waals surface area (Å²) in [4.78, 5) is 5.02. The number of nitrogens with zero attached hydrogens (tertiary/aromatic N) is 2. The Hall–Kier alpha value is -1.30. The molecule has 136 valence electrons. The van der Waals surface area contributed by atoms with Crippen molar-refractivity contribution in [2.24, 2.45) is 5.73 Å². The van der Waals surface area contributed by atoms with Crippen LogP contribution in [-0.2, 0) is 0 Å². The normalized spacial score (nSPS) is 17.7. The summed E-state index contributed by atoms with van der Waals surface area (Å²) < 4.78 is 11.5. The fourth-order valence-corrected chi connectivity index (χ4v) is 3.41. The zero-order valence-electron chi connectivity index (χ0n) is 15.5. The van der Waals surface area contributed by atoms with Gasteiger partial charge in [0.1, 0.15) is 11.5 Å². The van der Waals surface area contributed by atoms with E-state index in [9.17, 15) is 0 Å². The van der Waals surface area contributed by atoms with E-state index < -0.39 is 0 Å². The minimum absolute atomic E-state index is 0.200. The second kappa shape index (κ2) is 9.87. The van der Waals surface area contributed by atoms with Crippen LogP contribution in [0.15, 0.2) is 18.2 Å². The molecule has 1 aliphatic heterocycles. The summed E-state index contributed by atoms with van der Waals surface area (Å²) >= 11 is 0. The molecule has 5 heteroatoms. The first kappa shape index (κ1) is 19.0. The first-order chi connectivity index (χ1) is 11.7. The summed E-state index contributed by atoms with van der Waals surface area (Å²) in [5, 5.41) is 0. The summed E-state index contributed by atoms with van der Waals surface area (Å²) in [7, 11) is 0. The lowest BCUT2D eigenvalue weighted by molar-refractivity contribution is 0.0971. The molecule has 0 spiro atoms. The number of piperazine rings is 1. The molecule has 0 radical (unpaired) electrons. The van der Waals surface area contributed by atoms with Crippen molar-refractivity contribution in [2.75, 3.05) is 52.5 Å². The van der Waals surface area contributed by atoms with Crippen molar-refractivity contribution in [3.63, 3.8) is 0 Å². The van der Waals surface area contributed by atoms with Gasteiger partial charge in [-0.05, 0) is 32.9 Å². The second-order valence-corrected chi connectivity index (χ2v) is 6.19. The number of ether oxygens (including phenoxy) is 2. The highest BCUT2D eigenvalue weighted by Gasteiger charge is 2.26. The minimum atomic E-state index is 0.200. The third-order valence-electron chi connectivity index (χ3n) is 4.57. The van der Waals surface area contributed by atoms with Crippen LogP contribution in [-0.4, -0.2) is 62.3 Å². The molecule has 2 N–H and O–H groups in total. The van der Waals surface area contributed by atoms with E-state index in [1.54, 1.807) is 0 Å². The number of hydrogen-bond acceptors (Lipinski definition) is 5. The van der Waals surface area contributed by atoms with Gasteiger partial charge in [-0.25, -0.2) is 0 Å². The standard InChI is InChI=1S/C19H33N3O2/c1-4-9-21-10-12-22(13-11-21)18(15-20)17-8-7-16(23-5-2)14-19(17)24-6-3/h7-8,14,18H,4-6,9-13,15,20H2,1-3H3. The largest absolute Gasteiger partial charge is 0.494 e. The van der Waals surface area contributed by atoms with Gasteiger partial charge in [0.15, 0.2) is 0 Å². The topological polar surface area (TPSA) is 51.0 Å². The van der Waals surface area contributed by atoms with Crippen LogP contribution in [0.4, 0.5) is 0 Å². The van der Waals surface area contributed by atoms with Crippen LogP contribution in [0, 0.1) is 0 Å². The Balaban J connectivity index is 2.14. The van der Waals surface area contributed by atoms with E-state index in [1.165, 1.54) is 18.5 Å². The lowest BCUT2D eigenvalue weighted by atomic mass is 10.0. The molecule has 0 amide bonds. The lowest BCUT2D eigenvalue weighted by Crippen LogP contribution is -2.49. The molecule has 1 heterocycles. The molecule has 1 atom stereocenters. The van der Waals surface area contributed by atoms with E-state index in [1.807, 2.05) is 26.0 Å². The zero-order chi connectivity index (χ0) is 17.4. The Morgan fingerprint density at radius 3 is 2.33 bits per heavy atom. The predicted octanol–water partition coefficient (Wildman–Crippen LogP) is 2.51. The Labute approximate surface area is 146 Å². The fraction of sp³-hybridized carbons (Fsp3) is 0.684. The first-order valence-electron chi connectivity index (χ1n) is 9.29. The Morgan fingerprint density at radius 1 is 1.04 bits per heavy atom. The summed E-state index contributed by atoms with van der Waals surface area (Å²) in [6.45, 7) is 13.7. The summed E-state index contributed by atoms with van der Waals surface area (Å²) in [6.07, 6.45) is 1.22. The summed E-state index contributed by atoms with van der Waals surface area (Å²) in [5.74, 6) is 1.75. The Morgan fingerprint density at radius 2 is 1.75 bits per heavy atom. The van der Waals surface area contributed by atoms with Gasteiger partial charge in [-0.2, -0.15) is 0 Å². The third kappa shape index (κ3) is 4.85. The van der Waals surface area contributed by atoms with Gasteiger partial charge in [-0.3, -0.25) is 4.90 Å². The SMILES string of the molecule is CCCN1CCN(C(CN)c2ccc(OCC)cc2OCC)CC1. The second-order valence-electron chi connectivity index (χ2n) is 6.19. The maximum atomic E-state index is 6.15. The number of rotatable bonds is 9. The van der Waals surface area contributed by atoms with E-state index in [-0.39, 0.29) is 6.04 Å². The predicted molar refractivity (Wildman–Crippen MR) is 98.9 cm³/mol. The average molecular weight is 335 g/mol. The number of nitrogens with two attached hydrogens (primary N) is 1. The van der Waals surface area contributed by atoms with E-state index in [0.29, 0.717) is 19.8 Å². The molecule has 5 nitrogen and oxygen atoms in total. The molecular formula is C19H33N3O2. The van der Waals surface area contributed by atoms with Crippen LogP contribution in [0.1, 0.15) is 38.8 Å². The Bertz CT molecular complexity index is 488. The minimum Gasteiger partial charge on any atom is -0.494 e. The molecule has 1 aliphatic rings. The van der Waals surface area contributed by atoms with Crippen LogP contribution < -0.4 is 15.2 Å². The van der Waals surface area contributed by atoms with E-state index in [4.69, 9.17) is 15.2 Å². The van der Waals surface area contributed by atoms with Crippen molar-refractivity contribution in [3.8, 4) is 11.5 Å². The molecule has 24 heavy (non-hydrogen) atoms. The average Bonchev–Trinajstić information content (AvgIpc) is 2.59. The highest BCUT2D eigenvalue weighted by molar-refractivity contribution is 5.43. The maximum Gasteiger partial charge on any atom is 0.127 e. The maximum absolute atomic E-state index is 6.15. The highest BCUT2D eigenvalue weighted by Crippen LogP contribution is 2.33. The van der Waals surface area contributed by atoms with Gasteiger partial charge >= 0.3 is 0 Å². The molecule has 0 saturated carbocycles. The van der Waals surface area contributed by atoms with Gasteiger partial charge in [-0.1, -0.05) is 13.0 Å². The molecule has 0 aliphatic carbocycles. The van der Waals surface area contributed by atoms with Crippen LogP contribution >= 0.6 is 0 Å². The zero-order valence-corrected chi connectivity index (χ0v) is 15.5. The van der Waals surface area contributed by atoms with Gasteiger partial charge in [0.2, 0.25) is 0 Å². The number of benzene rings is 1. The molecule has 1 aromatic rings. The van der Waals surface area contributed by atoms with Gasteiger partial charge in [0.25, 0.3) is 0 Å². The van der Waals surface area contributed by atoms with Crippen molar-refractivity contribution in [3.05, 3.63) is 23.8 Å². The van der Waals surface area contributed by atoms with E-state index >= 15 is 0 Å². The highest BCUT2D eigenvalue weighted by atomic mass is 16.5. The molecule has 2 rings (SSSR count). The van der Waals surface area contributed by atoms with Crippen molar-refractivity contribution < 1.29 is 9.47 Å².